The monoisotopic (exact) mass is 590 g/mol. The summed E-state index contributed by atoms with van der Waals surface area (Å²) in [6.45, 7) is 13.7. The summed E-state index contributed by atoms with van der Waals surface area (Å²) in [5.74, 6) is -3.02. The van der Waals surface area contributed by atoms with Crippen molar-refractivity contribution in [3.8, 4) is 5.75 Å². The lowest BCUT2D eigenvalue weighted by Gasteiger charge is -2.39. The molecule has 1 aromatic rings. The zero-order chi connectivity index (χ0) is 29.6. The van der Waals surface area contributed by atoms with E-state index in [4.69, 9.17) is 13.9 Å². The molecule has 1 aliphatic carbocycles. The summed E-state index contributed by atoms with van der Waals surface area (Å²) in [5, 5.41) is -0.948. The Morgan fingerprint density at radius 2 is 1.67 bits per heavy atom. The summed E-state index contributed by atoms with van der Waals surface area (Å²) >= 11 is 0. The van der Waals surface area contributed by atoms with E-state index in [1.54, 1.807) is 45.0 Å². The number of methoxy groups -OCH3 is 1. The molecule has 0 radical (unpaired) electrons. The van der Waals surface area contributed by atoms with Crippen molar-refractivity contribution in [3.63, 3.8) is 0 Å². The van der Waals surface area contributed by atoms with Gasteiger partial charge >= 0.3 is 6.09 Å². The maximum absolute atomic E-state index is 16.4. The molecular formula is C27H44F2N2O6SSi. The third-order valence-corrected chi connectivity index (χ3v) is 14.6. The smallest absolute Gasteiger partial charge is 0.410 e. The van der Waals surface area contributed by atoms with Crippen molar-refractivity contribution < 1.29 is 35.9 Å². The number of ether oxygens (including phenoxy) is 2. The van der Waals surface area contributed by atoms with Crippen LogP contribution in [0, 0.1) is 0 Å². The number of rotatable bonds is 9. The highest BCUT2D eigenvalue weighted by Gasteiger charge is 2.63. The van der Waals surface area contributed by atoms with Crippen LogP contribution in [0.2, 0.25) is 18.1 Å². The average molecular weight is 591 g/mol. The van der Waals surface area contributed by atoms with Crippen molar-refractivity contribution in [1.82, 2.24) is 9.21 Å². The van der Waals surface area contributed by atoms with Crippen molar-refractivity contribution >= 4 is 24.4 Å². The highest BCUT2D eigenvalue weighted by molar-refractivity contribution is 7.90. The molecule has 0 N–H and O–H groups in total. The fraction of sp³-hybridized carbons (Fsp3) is 0.741. The minimum atomic E-state index is -4.06. The van der Waals surface area contributed by atoms with E-state index in [1.165, 1.54) is 7.11 Å². The van der Waals surface area contributed by atoms with Gasteiger partial charge in [0.05, 0.1) is 19.0 Å². The Morgan fingerprint density at radius 1 is 1.10 bits per heavy atom. The molecule has 1 saturated carbocycles. The molecule has 12 heteroatoms. The first-order valence-electron chi connectivity index (χ1n) is 13.4. The molecule has 2 atom stereocenters. The predicted molar refractivity (Wildman–Crippen MR) is 149 cm³/mol. The van der Waals surface area contributed by atoms with Crippen LogP contribution in [0.15, 0.2) is 24.3 Å². The number of nitrogens with zero attached hydrogens (tertiary/aromatic N) is 2. The van der Waals surface area contributed by atoms with Gasteiger partial charge in [0.25, 0.3) is 5.92 Å². The Kier molecular flexibility index (Phi) is 8.88. The second-order valence-electron chi connectivity index (χ2n) is 13.0. The van der Waals surface area contributed by atoms with E-state index in [2.05, 4.69) is 0 Å². The maximum atomic E-state index is 16.4. The van der Waals surface area contributed by atoms with Gasteiger partial charge in [0.15, 0.2) is 8.32 Å². The van der Waals surface area contributed by atoms with E-state index in [1.807, 2.05) is 33.9 Å². The quantitative estimate of drug-likeness (QED) is 0.347. The molecular weight excluding hydrogens is 546 g/mol. The van der Waals surface area contributed by atoms with Crippen LogP contribution in [-0.4, -0.2) is 81.2 Å². The van der Waals surface area contributed by atoms with Crippen LogP contribution in [0.5, 0.6) is 5.75 Å². The predicted octanol–water partition coefficient (Wildman–Crippen LogP) is 5.63. The second kappa shape index (κ2) is 10.9. The van der Waals surface area contributed by atoms with E-state index in [0.29, 0.717) is 24.2 Å². The van der Waals surface area contributed by atoms with Gasteiger partial charge in [-0.25, -0.2) is 22.0 Å². The molecule has 2 fully saturated rings. The van der Waals surface area contributed by atoms with Crippen molar-refractivity contribution in [2.75, 3.05) is 20.3 Å². The summed E-state index contributed by atoms with van der Waals surface area (Å²) in [6, 6.07) is 3.18. The minimum absolute atomic E-state index is 0.243. The molecule has 0 unspecified atom stereocenters. The lowest BCUT2D eigenvalue weighted by Crippen LogP contribution is -2.54. The van der Waals surface area contributed by atoms with Gasteiger partial charge in [-0.05, 0) is 69.4 Å². The van der Waals surface area contributed by atoms with Crippen molar-refractivity contribution in [2.24, 2.45) is 0 Å². The average Bonchev–Trinajstić information content (AvgIpc) is 3.61. The summed E-state index contributed by atoms with van der Waals surface area (Å²) in [5.41, 5.74) is -0.376. The minimum Gasteiger partial charge on any atom is -0.497 e. The first-order chi connectivity index (χ1) is 17.7. The molecule has 3 rings (SSSR count). The SMILES string of the molecule is COc1ccc(CN([C@@H]2CN(C(=O)OC(C)(C)C)[C@H](CO[Si](C)(C)C(C)(C)C)C2(F)F)S(=O)(=O)C2CC2)cc1. The number of amides is 1. The Balaban J connectivity index is 2.01. The number of benzene rings is 1. The van der Waals surface area contributed by atoms with Crippen LogP contribution in [0.1, 0.15) is 59.9 Å². The molecule has 0 spiro atoms. The van der Waals surface area contributed by atoms with Crippen LogP contribution in [0.4, 0.5) is 13.6 Å². The van der Waals surface area contributed by atoms with Gasteiger partial charge in [-0.1, -0.05) is 32.9 Å². The molecule has 2 aliphatic rings. The Bertz CT molecular complexity index is 1130. The maximum Gasteiger partial charge on any atom is 0.410 e. The molecule has 1 heterocycles. The number of hydrogen-bond acceptors (Lipinski definition) is 6. The first kappa shape index (κ1) is 31.8. The highest BCUT2D eigenvalue weighted by atomic mass is 32.2. The molecule has 39 heavy (non-hydrogen) atoms. The number of sulfonamides is 1. The molecule has 1 saturated heterocycles. The number of halogens is 2. The Hall–Kier alpha value is -1.76. The lowest BCUT2D eigenvalue weighted by atomic mass is 10.1. The van der Waals surface area contributed by atoms with Gasteiger partial charge in [0, 0.05) is 13.1 Å². The van der Waals surface area contributed by atoms with Crippen LogP contribution < -0.4 is 4.74 Å². The lowest BCUT2D eigenvalue weighted by molar-refractivity contribution is -0.0794. The van der Waals surface area contributed by atoms with Crippen LogP contribution in [0.25, 0.3) is 0 Å². The fourth-order valence-electron chi connectivity index (χ4n) is 4.22. The second-order valence-corrected chi connectivity index (χ2v) is 20.0. The molecule has 0 aromatic heterocycles. The number of carbonyl (C=O) groups is 1. The van der Waals surface area contributed by atoms with E-state index in [9.17, 15) is 13.2 Å². The largest absolute Gasteiger partial charge is 0.497 e. The fourth-order valence-corrected chi connectivity index (χ4v) is 7.23. The summed E-state index contributed by atoms with van der Waals surface area (Å²) < 4.78 is 77.7. The summed E-state index contributed by atoms with van der Waals surface area (Å²) in [4.78, 5) is 14.2. The van der Waals surface area contributed by atoms with Gasteiger partial charge < -0.3 is 13.9 Å². The van der Waals surface area contributed by atoms with Gasteiger partial charge in [0.1, 0.15) is 23.4 Å². The summed E-state index contributed by atoms with van der Waals surface area (Å²) in [7, 11) is -5.02. The Morgan fingerprint density at radius 3 is 2.13 bits per heavy atom. The molecule has 0 bridgehead atoms. The molecule has 1 amide bonds. The Labute approximate surface area is 233 Å². The molecule has 8 nitrogen and oxygen atoms in total. The van der Waals surface area contributed by atoms with Crippen LogP contribution >= 0.6 is 0 Å². The van der Waals surface area contributed by atoms with E-state index in [-0.39, 0.29) is 11.6 Å². The van der Waals surface area contributed by atoms with Gasteiger partial charge in [-0.2, -0.15) is 4.31 Å². The third kappa shape index (κ3) is 7.12. The zero-order valence-electron chi connectivity index (χ0n) is 24.6. The van der Waals surface area contributed by atoms with Gasteiger partial charge in [-0.15, -0.1) is 0 Å². The third-order valence-electron chi connectivity index (χ3n) is 7.79. The number of alkyl halides is 2. The topological polar surface area (TPSA) is 85.4 Å². The molecule has 1 aliphatic heterocycles. The summed E-state index contributed by atoms with van der Waals surface area (Å²) in [6.07, 6.45) is -0.0670. The van der Waals surface area contributed by atoms with E-state index < -0.39 is 66.4 Å². The van der Waals surface area contributed by atoms with Crippen molar-refractivity contribution in [2.45, 2.75) is 108 Å². The molecule has 1 aromatic carbocycles. The van der Waals surface area contributed by atoms with Gasteiger partial charge in [-0.3, -0.25) is 4.90 Å². The first-order valence-corrected chi connectivity index (χ1v) is 17.8. The molecule has 222 valence electrons. The van der Waals surface area contributed by atoms with Crippen LogP contribution in [-0.2, 0) is 25.7 Å². The highest BCUT2D eigenvalue weighted by Crippen LogP contribution is 2.44. The van der Waals surface area contributed by atoms with E-state index >= 15 is 8.78 Å². The number of hydrogen-bond donors (Lipinski definition) is 0. The zero-order valence-corrected chi connectivity index (χ0v) is 26.4. The van der Waals surface area contributed by atoms with Gasteiger partial charge in [0.2, 0.25) is 10.0 Å². The van der Waals surface area contributed by atoms with Crippen molar-refractivity contribution in [1.29, 1.82) is 0 Å². The normalized spacial score (nSPS) is 22.3. The van der Waals surface area contributed by atoms with Crippen molar-refractivity contribution in [3.05, 3.63) is 29.8 Å². The van der Waals surface area contributed by atoms with E-state index in [0.717, 1.165) is 9.21 Å². The standard InChI is InChI=1S/C27H44F2N2O6SSi/c1-25(2,3)37-24(32)30-17-22(27(28,29)23(30)18-36-39(8,9)26(4,5)6)31(38(33,34)21-14-15-21)16-19-10-12-20(35-7)13-11-19/h10-13,21-23H,14-18H2,1-9H3/t22-,23-/m1/s1. The number of carbonyl (C=O) groups excluding carboxylic acids is 1. The number of likely N-dealkylation sites (tertiary alicyclic amines) is 1. The van der Waals surface area contributed by atoms with Crippen LogP contribution in [0.3, 0.4) is 0 Å².